The van der Waals surface area contributed by atoms with Gasteiger partial charge < -0.3 is 9.84 Å². The standard InChI is InChI=1S/C12H15N5O/c1-8-14-7-4-10(15-8)11-16-12(18-17-11)9-2-5-13-6-3-9/h4,7,9,13H,2-3,5-6H2,1H3. The van der Waals surface area contributed by atoms with E-state index in [4.69, 9.17) is 4.52 Å². The fraction of sp³-hybridized carbons (Fsp3) is 0.500. The van der Waals surface area contributed by atoms with Crippen LogP contribution in [0.1, 0.15) is 30.5 Å². The van der Waals surface area contributed by atoms with Gasteiger partial charge in [-0.3, -0.25) is 0 Å². The number of piperidine rings is 1. The number of rotatable bonds is 2. The van der Waals surface area contributed by atoms with Crippen molar-refractivity contribution in [1.82, 2.24) is 25.4 Å². The molecule has 94 valence electrons. The zero-order valence-corrected chi connectivity index (χ0v) is 10.3. The van der Waals surface area contributed by atoms with Gasteiger partial charge in [0.15, 0.2) is 0 Å². The van der Waals surface area contributed by atoms with Crippen LogP contribution in [0.25, 0.3) is 11.5 Å². The first kappa shape index (κ1) is 11.3. The van der Waals surface area contributed by atoms with Crippen LogP contribution < -0.4 is 5.32 Å². The van der Waals surface area contributed by atoms with Crippen molar-refractivity contribution in [2.45, 2.75) is 25.7 Å². The molecule has 6 nitrogen and oxygen atoms in total. The van der Waals surface area contributed by atoms with E-state index in [1.807, 2.05) is 6.92 Å². The zero-order valence-electron chi connectivity index (χ0n) is 10.3. The molecule has 0 aromatic carbocycles. The molecule has 0 bridgehead atoms. The van der Waals surface area contributed by atoms with Crippen LogP contribution in [-0.4, -0.2) is 33.2 Å². The molecule has 0 saturated carbocycles. The normalized spacial score (nSPS) is 16.9. The van der Waals surface area contributed by atoms with Crippen molar-refractivity contribution in [3.05, 3.63) is 24.0 Å². The molecule has 0 unspecified atom stereocenters. The molecule has 3 rings (SSSR count). The highest BCUT2D eigenvalue weighted by molar-refractivity contribution is 5.47. The van der Waals surface area contributed by atoms with Gasteiger partial charge in [-0.15, -0.1) is 0 Å². The molecule has 2 aromatic rings. The summed E-state index contributed by atoms with van der Waals surface area (Å²) >= 11 is 0. The van der Waals surface area contributed by atoms with Gasteiger partial charge in [-0.2, -0.15) is 4.98 Å². The van der Waals surface area contributed by atoms with Crippen molar-refractivity contribution in [3.63, 3.8) is 0 Å². The summed E-state index contributed by atoms with van der Waals surface area (Å²) in [6.07, 6.45) is 3.80. The van der Waals surface area contributed by atoms with Gasteiger partial charge in [-0.25, -0.2) is 9.97 Å². The fourth-order valence-electron chi connectivity index (χ4n) is 2.15. The maximum atomic E-state index is 5.35. The van der Waals surface area contributed by atoms with Crippen LogP contribution in [0.3, 0.4) is 0 Å². The lowest BCUT2D eigenvalue weighted by atomic mass is 9.98. The predicted molar refractivity (Wildman–Crippen MR) is 64.9 cm³/mol. The first-order valence-electron chi connectivity index (χ1n) is 6.17. The molecule has 6 heteroatoms. The molecular formula is C12H15N5O. The Balaban J connectivity index is 1.84. The van der Waals surface area contributed by atoms with Gasteiger partial charge in [0.25, 0.3) is 0 Å². The van der Waals surface area contributed by atoms with Gasteiger partial charge in [0.2, 0.25) is 11.7 Å². The first-order valence-corrected chi connectivity index (χ1v) is 6.17. The molecule has 18 heavy (non-hydrogen) atoms. The van der Waals surface area contributed by atoms with Crippen molar-refractivity contribution in [2.24, 2.45) is 0 Å². The summed E-state index contributed by atoms with van der Waals surface area (Å²) in [5.41, 5.74) is 0.714. The Kier molecular flexibility index (Phi) is 3.02. The molecular weight excluding hydrogens is 230 g/mol. The van der Waals surface area contributed by atoms with Crippen LogP contribution in [0.4, 0.5) is 0 Å². The summed E-state index contributed by atoms with van der Waals surface area (Å²) in [6, 6.07) is 1.80. The van der Waals surface area contributed by atoms with Gasteiger partial charge in [0.05, 0.1) is 0 Å². The molecule has 0 amide bonds. The van der Waals surface area contributed by atoms with Crippen molar-refractivity contribution < 1.29 is 4.52 Å². The quantitative estimate of drug-likeness (QED) is 0.859. The van der Waals surface area contributed by atoms with Gasteiger partial charge in [-0.05, 0) is 38.9 Å². The number of hydrogen-bond donors (Lipinski definition) is 1. The summed E-state index contributed by atoms with van der Waals surface area (Å²) < 4.78 is 5.35. The predicted octanol–water partition coefficient (Wildman–Crippen LogP) is 1.30. The van der Waals surface area contributed by atoms with Crippen molar-refractivity contribution in [3.8, 4) is 11.5 Å². The maximum absolute atomic E-state index is 5.35. The molecule has 1 N–H and O–H groups in total. The number of nitrogens with zero attached hydrogens (tertiary/aromatic N) is 4. The van der Waals surface area contributed by atoms with E-state index in [2.05, 4.69) is 25.4 Å². The molecule has 1 fully saturated rings. The summed E-state index contributed by atoms with van der Waals surface area (Å²) in [6.45, 7) is 3.86. The Morgan fingerprint density at radius 3 is 2.89 bits per heavy atom. The molecule has 0 atom stereocenters. The molecule has 0 aliphatic carbocycles. The lowest BCUT2D eigenvalue weighted by Crippen LogP contribution is -2.26. The van der Waals surface area contributed by atoms with Crippen LogP contribution in [0.2, 0.25) is 0 Å². The molecule has 1 aliphatic rings. The molecule has 1 aliphatic heterocycles. The summed E-state index contributed by atoms with van der Waals surface area (Å²) in [5.74, 6) is 2.35. The first-order chi connectivity index (χ1) is 8.83. The highest BCUT2D eigenvalue weighted by Crippen LogP contribution is 2.25. The van der Waals surface area contributed by atoms with E-state index in [0.717, 1.165) is 31.8 Å². The Labute approximate surface area is 105 Å². The highest BCUT2D eigenvalue weighted by atomic mass is 16.5. The van der Waals surface area contributed by atoms with Crippen LogP contribution >= 0.6 is 0 Å². The average molecular weight is 245 g/mol. The topological polar surface area (TPSA) is 76.7 Å². The Hall–Kier alpha value is -1.82. The minimum Gasteiger partial charge on any atom is -0.339 e. The van der Waals surface area contributed by atoms with Gasteiger partial charge in [0.1, 0.15) is 11.5 Å². The van der Waals surface area contributed by atoms with Crippen molar-refractivity contribution in [2.75, 3.05) is 13.1 Å². The van der Waals surface area contributed by atoms with Crippen molar-refractivity contribution >= 4 is 0 Å². The fourth-order valence-corrected chi connectivity index (χ4v) is 2.15. The summed E-state index contributed by atoms with van der Waals surface area (Å²) in [5, 5.41) is 7.33. The number of aromatic nitrogens is 4. The van der Waals surface area contributed by atoms with E-state index < -0.39 is 0 Å². The second kappa shape index (κ2) is 4.81. The van der Waals surface area contributed by atoms with E-state index in [-0.39, 0.29) is 0 Å². The lowest BCUT2D eigenvalue weighted by molar-refractivity contribution is 0.320. The zero-order chi connectivity index (χ0) is 12.4. The SMILES string of the molecule is Cc1nccc(-c2noc(C3CCNCC3)n2)n1. The second-order valence-corrected chi connectivity index (χ2v) is 4.47. The molecule has 0 spiro atoms. The molecule has 1 saturated heterocycles. The molecule has 3 heterocycles. The monoisotopic (exact) mass is 245 g/mol. The Morgan fingerprint density at radius 2 is 2.11 bits per heavy atom. The van der Waals surface area contributed by atoms with E-state index in [1.165, 1.54) is 0 Å². The average Bonchev–Trinajstić information content (AvgIpc) is 2.89. The van der Waals surface area contributed by atoms with Crippen molar-refractivity contribution in [1.29, 1.82) is 0 Å². The minimum atomic E-state index is 0.371. The third-order valence-corrected chi connectivity index (χ3v) is 3.14. The molecule has 0 radical (unpaired) electrons. The number of hydrogen-bond acceptors (Lipinski definition) is 6. The van der Waals surface area contributed by atoms with Crippen LogP contribution in [-0.2, 0) is 0 Å². The van der Waals surface area contributed by atoms with Crippen LogP contribution in [0.15, 0.2) is 16.8 Å². The van der Waals surface area contributed by atoms with E-state index >= 15 is 0 Å². The highest BCUT2D eigenvalue weighted by Gasteiger charge is 2.21. The maximum Gasteiger partial charge on any atom is 0.230 e. The molecule has 2 aromatic heterocycles. The Bertz CT molecular complexity index is 533. The second-order valence-electron chi connectivity index (χ2n) is 4.47. The Morgan fingerprint density at radius 1 is 1.28 bits per heavy atom. The van der Waals surface area contributed by atoms with Gasteiger partial charge in [0, 0.05) is 12.1 Å². The largest absolute Gasteiger partial charge is 0.339 e. The number of nitrogens with one attached hydrogen (secondary N) is 1. The van der Waals surface area contributed by atoms with Crippen LogP contribution in [0.5, 0.6) is 0 Å². The smallest absolute Gasteiger partial charge is 0.230 e. The third kappa shape index (κ3) is 2.24. The van der Waals surface area contributed by atoms with Crippen LogP contribution in [0, 0.1) is 6.92 Å². The summed E-state index contributed by atoms with van der Waals surface area (Å²) in [4.78, 5) is 12.8. The van der Waals surface area contributed by atoms with E-state index in [1.54, 1.807) is 12.3 Å². The number of aryl methyl sites for hydroxylation is 1. The van der Waals surface area contributed by atoms with E-state index in [0.29, 0.717) is 23.3 Å². The minimum absolute atomic E-state index is 0.371. The van der Waals surface area contributed by atoms with Gasteiger partial charge in [-0.1, -0.05) is 5.16 Å². The third-order valence-electron chi connectivity index (χ3n) is 3.14. The summed E-state index contributed by atoms with van der Waals surface area (Å²) in [7, 11) is 0. The lowest BCUT2D eigenvalue weighted by Gasteiger charge is -2.18. The van der Waals surface area contributed by atoms with E-state index in [9.17, 15) is 0 Å². The van der Waals surface area contributed by atoms with Gasteiger partial charge >= 0.3 is 0 Å².